The second-order valence-electron chi connectivity index (χ2n) is 4.66. The predicted molar refractivity (Wildman–Crippen MR) is 62.9 cm³/mol. The molecule has 0 saturated carbocycles. The Morgan fingerprint density at radius 3 is 2.22 bits per heavy atom. The zero-order valence-corrected chi connectivity index (χ0v) is 11.1. The third-order valence-electron chi connectivity index (χ3n) is 2.58. The maximum atomic E-state index is 12.6. The maximum Gasteiger partial charge on any atom is 0.404 e. The minimum atomic E-state index is -4.58. The molecule has 0 aromatic heterocycles. The van der Waals surface area contributed by atoms with Crippen molar-refractivity contribution in [3.8, 4) is 0 Å². The van der Waals surface area contributed by atoms with E-state index in [9.17, 15) is 18.0 Å². The van der Waals surface area contributed by atoms with Gasteiger partial charge in [0.25, 0.3) is 0 Å². The van der Waals surface area contributed by atoms with Crippen molar-refractivity contribution in [2.45, 2.75) is 64.8 Å². The number of esters is 1. The first-order valence-corrected chi connectivity index (χ1v) is 6.22. The number of carbonyl (C=O) groups is 1. The smallest absolute Gasteiger partial charge is 0.404 e. The summed E-state index contributed by atoms with van der Waals surface area (Å²) in [6, 6.07) is -2.15. The Labute approximate surface area is 106 Å². The zero-order valence-electron chi connectivity index (χ0n) is 11.1. The summed E-state index contributed by atoms with van der Waals surface area (Å²) < 4.78 is 42.6. The van der Waals surface area contributed by atoms with Crippen LogP contribution < -0.4 is 5.73 Å². The molecule has 0 aromatic carbocycles. The van der Waals surface area contributed by atoms with Crippen molar-refractivity contribution in [1.82, 2.24) is 0 Å². The normalized spacial score (nSPS) is 15.6. The van der Waals surface area contributed by atoms with Crippen LogP contribution in [0.15, 0.2) is 0 Å². The van der Waals surface area contributed by atoms with Gasteiger partial charge in [0.15, 0.2) is 0 Å². The van der Waals surface area contributed by atoms with E-state index in [0.717, 1.165) is 12.8 Å². The Bertz CT molecular complexity index is 254. The summed E-state index contributed by atoms with van der Waals surface area (Å²) in [5, 5.41) is 0. The summed E-state index contributed by atoms with van der Waals surface area (Å²) in [7, 11) is 0. The number of rotatable bonds is 7. The van der Waals surface area contributed by atoms with Gasteiger partial charge in [0.05, 0.1) is 12.0 Å². The number of unbranched alkanes of at least 4 members (excludes halogenated alkanes) is 2. The lowest BCUT2D eigenvalue weighted by Crippen LogP contribution is -2.47. The van der Waals surface area contributed by atoms with Gasteiger partial charge in [-0.3, -0.25) is 4.79 Å². The van der Waals surface area contributed by atoms with Crippen molar-refractivity contribution < 1.29 is 22.7 Å². The first-order chi connectivity index (χ1) is 8.20. The monoisotopic (exact) mass is 269 g/mol. The van der Waals surface area contributed by atoms with E-state index in [1.807, 2.05) is 6.92 Å². The minimum Gasteiger partial charge on any atom is -0.463 e. The van der Waals surface area contributed by atoms with Gasteiger partial charge < -0.3 is 10.5 Å². The van der Waals surface area contributed by atoms with Crippen molar-refractivity contribution in [1.29, 1.82) is 0 Å². The number of nitrogens with two attached hydrogens (primary N) is 1. The molecule has 0 spiro atoms. The largest absolute Gasteiger partial charge is 0.463 e. The van der Waals surface area contributed by atoms with E-state index in [1.165, 1.54) is 0 Å². The van der Waals surface area contributed by atoms with Crippen molar-refractivity contribution >= 4 is 5.97 Å². The molecule has 3 nitrogen and oxygen atoms in total. The van der Waals surface area contributed by atoms with Crippen LogP contribution in [0.5, 0.6) is 0 Å². The molecule has 0 saturated heterocycles. The second kappa shape index (κ2) is 7.61. The van der Waals surface area contributed by atoms with Crippen LogP contribution in [0.4, 0.5) is 13.2 Å². The minimum absolute atomic E-state index is 0.111. The summed E-state index contributed by atoms with van der Waals surface area (Å²) in [6.07, 6.45) is -2.72. The highest BCUT2D eigenvalue weighted by Gasteiger charge is 2.45. The summed E-state index contributed by atoms with van der Waals surface area (Å²) in [5.41, 5.74) is 5.13. The molecule has 0 unspecified atom stereocenters. The standard InChI is InChI=1S/C12H22F3NO2/c1-4-5-6-7-9(10(16)12(13,14)15)11(17)18-8(2)3/h8-10H,4-7,16H2,1-3H3/t9-,10-/m1/s1. The fourth-order valence-electron chi connectivity index (χ4n) is 1.61. The van der Waals surface area contributed by atoms with Crippen molar-refractivity contribution in [2.24, 2.45) is 11.7 Å². The molecule has 0 aliphatic carbocycles. The number of halogens is 3. The molecular weight excluding hydrogens is 247 g/mol. The van der Waals surface area contributed by atoms with Crippen molar-refractivity contribution in [3.63, 3.8) is 0 Å². The molecule has 108 valence electrons. The zero-order chi connectivity index (χ0) is 14.3. The van der Waals surface area contributed by atoms with Gasteiger partial charge in [-0.2, -0.15) is 13.2 Å². The topological polar surface area (TPSA) is 52.3 Å². The van der Waals surface area contributed by atoms with E-state index in [4.69, 9.17) is 10.5 Å². The highest BCUT2D eigenvalue weighted by molar-refractivity contribution is 5.73. The number of hydrogen-bond acceptors (Lipinski definition) is 3. The van der Waals surface area contributed by atoms with Crippen LogP contribution in [0.2, 0.25) is 0 Å². The van der Waals surface area contributed by atoms with Gasteiger partial charge in [-0.25, -0.2) is 0 Å². The van der Waals surface area contributed by atoms with E-state index in [0.29, 0.717) is 6.42 Å². The van der Waals surface area contributed by atoms with Gasteiger partial charge >= 0.3 is 12.1 Å². The fourth-order valence-corrected chi connectivity index (χ4v) is 1.61. The lowest BCUT2D eigenvalue weighted by atomic mass is 9.93. The first kappa shape index (κ1) is 17.2. The molecule has 2 N–H and O–H groups in total. The molecule has 0 amide bonds. The van der Waals surface area contributed by atoms with Crippen molar-refractivity contribution in [3.05, 3.63) is 0 Å². The van der Waals surface area contributed by atoms with Crippen LogP contribution in [0.3, 0.4) is 0 Å². The van der Waals surface area contributed by atoms with Crippen LogP contribution in [-0.4, -0.2) is 24.3 Å². The molecule has 0 rings (SSSR count). The number of alkyl halides is 3. The highest BCUT2D eigenvalue weighted by atomic mass is 19.4. The quantitative estimate of drug-likeness (QED) is 0.571. The van der Waals surface area contributed by atoms with Crippen LogP contribution in [0.1, 0.15) is 46.5 Å². The average Bonchev–Trinajstić information content (AvgIpc) is 2.21. The molecule has 18 heavy (non-hydrogen) atoms. The Morgan fingerprint density at radius 2 is 1.83 bits per heavy atom. The highest BCUT2D eigenvalue weighted by Crippen LogP contribution is 2.28. The predicted octanol–water partition coefficient (Wildman–Crippen LogP) is 3.02. The molecule has 0 heterocycles. The molecule has 0 radical (unpaired) electrons. The average molecular weight is 269 g/mol. The molecule has 0 aliphatic heterocycles. The third kappa shape index (κ3) is 6.23. The maximum absolute atomic E-state index is 12.6. The van der Waals surface area contributed by atoms with Gasteiger partial charge in [-0.05, 0) is 20.3 Å². The molecule has 2 atom stereocenters. The van der Waals surface area contributed by atoms with E-state index in [-0.39, 0.29) is 6.42 Å². The van der Waals surface area contributed by atoms with E-state index in [1.54, 1.807) is 13.8 Å². The Hall–Kier alpha value is -0.780. The Balaban J connectivity index is 4.65. The van der Waals surface area contributed by atoms with Gasteiger partial charge in [-0.15, -0.1) is 0 Å². The molecular formula is C12H22F3NO2. The van der Waals surface area contributed by atoms with Gasteiger partial charge in [0, 0.05) is 0 Å². The van der Waals surface area contributed by atoms with E-state index in [2.05, 4.69) is 0 Å². The van der Waals surface area contributed by atoms with Crippen LogP contribution in [0, 0.1) is 5.92 Å². The molecule has 0 fully saturated rings. The number of carbonyl (C=O) groups excluding carboxylic acids is 1. The lowest BCUT2D eigenvalue weighted by Gasteiger charge is -2.25. The number of hydrogen-bond donors (Lipinski definition) is 1. The molecule has 0 aromatic rings. The second-order valence-corrected chi connectivity index (χ2v) is 4.66. The molecule has 0 bridgehead atoms. The Kier molecular flexibility index (Phi) is 7.28. The van der Waals surface area contributed by atoms with Crippen LogP contribution in [0.25, 0.3) is 0 Å². The lowest BCUT2D eigenvalue weighted by molar-refractivity contribution is -0.179. The third-order valence-corrected chi connectivity index (χ3v) is 2.58. The van der Waals surface area contributed by atoms with Crippen molar-refractivity contribution in [2.75, 3.05) is 0 Å². The summed E-state index contributed by atoms with van der Waals surface area (Å²) in [5.74, 6) is -2.16. The summed E-state index contributed by atoms with van der Waals surface area (Å²) in [4.78, 5) is 11.6. The first-order valence-electron chi connectivity index (χ1n) is 6.22. The van der Waals surface area contributed by atoms with Gasteiger partial charge in [-0.1, -0.05) is 26.2 Å². The van der Waals surface area contributed by atoms with Crippen LogP contribution in [-0.2, 0) is 9.53 Å². The van der Waals surface area contributed by atoms with Crippen LogP contribution >= 0.6 is 0 Å². The van der Waals surface area contributed by atoms with E-state index >= 15 is 0 Å². The van der Waals surface area contributed by atoms with Gasteiger partial charge in [0.1, 0.15) is 6.04 Å². The SMILES string of the molecule is CCCCC[C@@H](C(=O)OC(C)C)[C@@H](N)C(F)(F)F. The molecule has 0 aliphatic rings. The van der Waals surface area contributed by atoms with E-state index < -0.39 is 30.2 Å². The van der Waals surface area contributed by atoms with Gasteiger partial charge in [0.2, 0.25) is 0 Å². The molecule has 6 heteroatoms. The number of ether oxygens (including phenoxy) is 1. The summed E-state index contributed by atoms with van der Waals surface area (Å²) >= 11 is 0. The Morgan fingerprint density at radius 1 is 1.28 bits per heavy atom. The summed E-state index contributed by atoms with van der Waals surface area (Å²) in [6.45, 7) is 5.13. The fraction of sp³-hybridized carbons (Fsp3) is 0.917.